The molecule has 0 fully saturated rings. The van der Waals surface area contributed by atoms with Crippen LogP contribution >= 0.6 is 11.8 Å². The van der Waals surface area contributed by atoms with Crippen LogP contribution < -0.4 is 15.4 Å². The van der Waals surface area contributed by atoms with Crippen LogP contribution in [0.15, 0.2) is 18.3 Å². The van der Waals surface area contributed by atoms with Crippen molar-refractivity contribution in [2.75, 3.05) is 44.4 Å². The number of carbonyl (C=O) groups excluding carboxylic acids is 1. The topological polar surface area (TPSA) is 163 Å². The van der Waals surface area contributed by atoms with Gasteiger partial charge in [-0.3, -0.25) is 4.79 Å². The Morgan fingerprint density at radius 3 is 3.00 bits per heavy atom. The molecule has 1 atom stereocenters. The molecule has 1 heterocycles. The van der Waals surface area contributed by atoms with Crippen molar-refractivity contribution in [3.63, 3.8) is 0 Å². The van der Waals surface area contributed by atoms with Crippen molar-refractivity contribution in [1.29, 1.82) is 5.26 Å². The van der Waals surface area contributed by atoms with Gasteiger partial charge in [0, 0.05) is 31.6 Å². The number of aliphatic hydroxyl groups excluding tert-OH is 1. The normalized spacial score (nSPS) is 11.6. The molecule has 0 aliphatic carbocycles. The van der Waals surface area contributed by atoms with Crippen LogP contribution in [0.5, 0.6) is 5.75 Å². The first-order chi connectivity index (χ1) is 14.9. The summed E-state index contributed by atoms with van der Waals surface area (Å²) in [5.41, 5.74) is 2.26. The molecular formula is C19H25N5O6S. The zero-order valence-electron chi connectivity index (χ0n) is 17.1. The predicted molar refractivity (Wildman–Crippen MR) is 115 cm³/mol. The minimum Gasteiger partial charge on any atom is -0.490 e. The number of rotatable bonds is 14. The van der Waals surface area contributed by atoms with Gasteiger partial charge in [0.1, 0.15) is 31.1 Å². The van der Waals surface area contributed by atoms with Gasteiger partial charge < -0.3 is 30.3 Å². The fourth-order valence-electron chi connectivity index (χ4n) is 2.76. The van der Waals surface area contributed by atoms with Gasteiger partial charge in [-0.15, -0.1) is 10.1 Å². The number of aliphatic hydroxyl groups is 1. The second kappa shape index (κ2) is 12.6. The fourth-order valence-corrected chi connectivity index (χ4v) is 3.38. The smallest absolute Gasteiger partial charge is 0.294 e. The van der Waals surface area contributed by atoms with Crippen molar-refractivity contribution in [3.8, 4) is 11.8 Å². The highest BCUT2D eigenvalue weighted by Gasteiger charge is 2.13. The van der Waals surface area contributed by atoms with E-state index in [1.807, 2.05) is 19.1 Å². The van der Waals surface area contributed by atoms with Crippen molar-refractivity contribution < 1.29 is 24.6 Å². The van der Waals surface area contributed by atoms with E-state index in [2.05, 4.69) is 26.5 Å². The SMILES string of the molecule is Cc1cc(OCC(O)CNCCNC(=O)CSCCO[N+](=O)[O-])c2c(C#N)c[nH]c2c1. The molecule has 12 heteroatoms. The van der Waals surface area contributed by atoms with Crippen molar-refractivity contribution in [2.45, 2.75) is 13.0 Å². The molecule has 31 heavy (non-hydrogen) atoms. The van der Waals surface area contributed by atoms with E-state index in [0.717, 1.165) is 11.1 Å². The van der Waals surface area contributed by atoms with Gasteiger partial charge in [0.2, 0.25) is 5.91 Å². The molecular weight excluding hydrogens is 426 g/mol. The molecule has 11 nitrogen and oxygen atoms in total. The molecule has 0 radical (unpaired) electrons. The predicted octanol–water partition coefficient (Wildman–Crippen LogP) is 0.735. The summed E-state index contributed by atoms with van der Waals surface area (Å²) in [5.74, 6) is 0.900. The van der Waals surface area contributed by atoms with Gasteiger partial charge in [-0.2, -0.15) is 17.0 Å². The van der Waals surface area contributed by atoms with E-state index in [4.69, 9.17) is 4.74 Å². The largest absolute Gasteiger partial charge is 0.490 e. The number of aryl methyl sites for hydroxylation is 1. The first kappa shape index (κ1) is 24.3. The molecule has 0 aliphatic rings. The summed E-state index contributed by atoms with van der Waals surface area (Å²) in [6, 6.07) is 5.88. The van der Waals surface area contributed by atoms with Gasteiger partial charge in [-0.25, -0.2) is 0 Å². The van der Waals surface area contributed by atoms with E-state index in [1.54, 1.807) is 6.20 Å². The van der Waals surface area contributed by atoms with Gasteiger partial charge in [0.25, 0.3) is 5.09 Å². The minimum absolute atomic E-state index is 0.0524. The van der Waals surface area contributed by atoms with Crippen molar-refractivity contribution >= 4 is 28.6 Å². The van der Waals surface area contributed by atoms with E-state index >= 15 is 0 Å². The van der Waals surface area contributed by atoms with Crippen LogP contribution in [0.2, 0.25) is 0 Å². The van der Waals surface area contributed by atoms with Gasteiger partial charge in [-0.05, 0) is 24.6 Å². The fraction of sp³-hybridized carbons (Fsp3) is 0.474. The number of nitriles is 1. The number of nitrogens with one attached hydrogen (secondary N) is 3. The quantitative estimate of drug-likeness (QED) is 0.184. The summed E-state index contributed by atoms with van der Waals surface area (Å²) in [6.07, 6.45) is 0.857. The Morgan fingerprint density at radius 2 is 2.26 bits per heavy atom. The third-order valence-corrected chi connectivity index (χ3v) is 5.02. The maximum absolute atomic E-state index is 11.6. The van der Waals surface area contributed by atoms with Gasteiger partial charge in [0.15, 0.2) is 0 Å². The summed E-state index contributed by atoms with van der Waals surface area (Å²) in [6.45, 7) is 3.04. The third-order valence-electron chi connectivity index (χ3n) is 4.10. The summed E-state index contributed by atoms with van der Waals surface area (Å²) < 4.78 is 5.75. The van der Waals surface area contributed by atoms with Crippen LogP contribution in [-0.4, -0.2) is 71.5 Å². The maximum atomic E-state index is 11.6. The standard InChI is InChI=1S/C19H25N5O6S/c1-13-6-16-19(14(8-20)9-23-16)17(7-13)29-11-15(25)10-21-2-3-22-18(26)12-31-5-4-30-24(27)28/h6-7,9,15,21,23,25H,2-5,10-12H2,1H3,(H,22,26). The molecule has 1 amide bonds. The number of amides is 1. The maximum Gasteiger partial charge on any atom is 0.294 e. The number of fused-ring (bicyclic) bond motifs is 1. The van der Waals surface area contributed by atoms with Crippen LogP contribution in [0.25, 0.3) is 10.9 Å². The zero-order valence-corrected chi connectivity index (χ0v) is 17.9. The van der Waals surface area contributed by atoms with Gasteiger partial charge >= 0.3 is 0 Å². The van der Waals surface area contributed by atoms with Gasteiger partial charge in [-0.1, -0.05) is 0 Å². The van der Waals surface area contributed by atoms with E-state index in [1.165, 1.54) is 11.8 Å². The Labute approximate surface area is 183 Å². The highest BCUT2D eigenvalue weighted by atomic mass is 32.2. The Hall–Kier alpha value is -3.01. The molecule has 0 saturated heterocycles. The summed E-state index contributed by atoms with van der Waals surface area (Å²) in [5, 5.41) is 34.9. The number of H-pyrrole nitrogens is 1. The lowest BCUT2D eigenvalue weighted by molar-refractivity contribution is -0.756. The molecule has 0 bridgehead atoms. The van der Waals surface area contributed by atoms with Crippen LogP contribution in [0.3, 0.4) is 0 Å². The van der Waals surface area contributed by atoms with Crippen molar-refractivity contribution in [2.24, 2.45) is 0 Å². The number of ether oxygens (including phenoxy) is 1. The monoisotopic (exact) mass is 451 g/mol. The van der Waals surface area contributed by atoms with E-state index in [9.17, 15) is 25.3 Å². The third kappa shape index (κ3) is 8.33. The zero-order chi connectivity index (χ0) is 22.6. The van der Waals surface area contributed by atoms with Gasteiger partial charge in [0.05, 0.1) is 22.2 Å². The van der Waals surface area contributed by atoms with Crippen LogP contribution in [0.1, 0.15) is 11.1 Å². The van der Waals surface area contributed by atoms with Crippen molar-refractivity contribution in [1.82, 2.24) is 15.6 Å². The summed E-state index contributed by atoms with van der Waals surface area (Å²) in [7, 11) is 0. The van der Waals surface area contributed by atoms with Crippen LogP contribution in [0.4, 0.5) is 0 Å². The number of carbonyl (C=O) groups is 1. The summed E-state index contributed by atoms with van der Waals surface area (Å²) >= 11 is 1.24. The average molecular weight is 452 g/mol. The number of aromatic amines is 1. The minimum atomic E-state index is -0.864. The molecule has 4 N–H and O–H groups in total. The second-order valence-electron chi connectivity index (χ2n) is 6.63. The molecule has 0 spiro atoms. The molecule has 2 rings (SSSR count). The first-order valence-electron chi connectivity index (χ1n) is 9.56. The molecule has 1 aromatic carbocycles. The van der Waals surface area contributed by atoms with Crippen molar-refractivity contribution in [3.05, 3.63) is 39.6 Å². The number of thioether (sulfide) groups is 1. The summed E-state index contributed by atoms with van der Waals surface area (Å²) in [4.78, 5) is 28.8. The lowest BCUT2D eigenvalue weighted by atomic mass is 10.1. The second-order valence-corrected chi connectivity index (χ2v) is 7.73. The Morgan fingerprint density at radius 1 is 1.45 bits per heavy atom. The van der Waals surface area contributed by atoms with Crippen LogP contribution in [0, 0.1) is 28.4 Å². The Kier molecular flexibility index (Phi) is 9.89. The molecule has 168 valence electrons. The number of hydrogen-bond donors (Lipinski definition) is 4. The number of hydrogen-bond acceptors (Lipinski definition) is 9. The average Bonchev–Trinajstić information content (AvgIpc) is 3.14. The molecule has 0 saturated carbocycles. The Balaban J connectivity index is 1.62. The molecule has 1 unspecified atom stereocenters. The van der Waals surface area contributed by atoms with E-state index < -0.39 is 11.2 Å². The molecule has 1 aromatic heterocycles. The lowest BCUT2D eigenvalue weighted by Crippen LogP contribution is -2.37. The van der Waals surface area contributed by atoms with E-state index in [-0.39, 0.29) is 31.4 Å². The van der Waals surface area contributed by atoms with Crippen LogP contribution in [-0.2, 0) is 9.63 Å². The lowest BCUT2D eigenvalue weighted by Gasteiger charge is -2.15. The number of nitrogens with zero attached hydrogens (tertiary/aromatic N) is 2. The number of benzene rings is 1. The highest BCUT2D eigenvalue weighted by Crippen LogP contribution is 2.30. The number of aromatic nitrogens is 1. The molecule has 0 aliphatic heterocycles. The molecule has 2 aromatic rings. The van der Waals surface area contributed by atoms with E-state index in [0.29, 0.717) is 35.5 Å². The highest BCUT2D eigenvalue weighted by molar-refractivity contribution is 7.99. The first-order valence-corrected chi connectivity index (χ1v) is 10.7. The Bertz CT molecular complexity index is 928.